The van der Waals surface area contributed by atoms with Crippen molar-refractivity contribution in [3.63, 3.8) is 0 Å². The van der Waals surface area contributed by atoms with Gasteiger partial charge in [-0.2, -0.15) is 0 Å². The van der Waals surface area contributed by atoms with Crippen LogP contribution in [0.15, 0.2) is 36.5 Å². The van der Waals surface area contributed by atoms with E-state index in [0.29, 0.717) is 12.2 Å². The lowest BCUT2D eigenvalue weighted by Gasteiger charge is -2.34. The monoisotopic (exact) mass is 395 g/mol. The molecule has 154 valence electrons. The fourth-order valence-corrected chi connectivity index (χ4v) is 3.93. The third kappa shape index (κ3) is 4.45. The van der Waals surface area contributed by atoms with Gasteiger partial charge < -0.3 is 25.2 Å². The van der Waals surface area contributed by atoms with Crippen molar-refractivity contribution in [3.8, 4) is 5.75 Å². The number of aromatic nitrogens is 1. The number of benzene rings is 1. The van der Waals surface area contributed by atoms with E-state index in [9.17, 15) is 4.79 Å². The molecule has 0 atom stereocenters. The van der Waals surface area contributed by atoms with Crippen LogP contribution in [0.1, 0.15) is 25.0 Å². The molecular formula is C22H29N5O2. The van der Waals surface area contributed by atoms with Gasteiger partial charge in [-0.3, -0.25) is 0 Å². The molecule has 7 heteroatoms. The maximum absolute atomic E-state index is 12.6. The van der Waals surface area contributed by atoms with Gasteiger partial charge in [0.05, 0.1) is 5.69 Å². The number of carbonyl (C=O) groups is 1. The predicted octanol–water partition coefficient (Wildman–Crippen LogP) is 2.87. The van der Waals surface area contributed by atoms with Gasteiger partial charge in [-0.15, -0.1) is 0 Å². The van der Waals surface area contributed by atoms with Crippen LogP contribution in [0.25, 0.3) is 0 Å². The molecule has 0 unspecified atom stereocenters. The number of carbonyl (C=O) groups excluding carboxylic acids is 1. The molecule has 2 aliphatic heterocycles. The van der Waals surface area contributed by atoms with E-state index in [2.05, 4.69) is 46.3 Å². The summed E-state index contributed by atoms with van der Waals surface area (Å²) in [7, 11) is 2.13. The molecule has 0 bridgehead atoms. The van der Waals surface area contributed by atoms with E-state index in [0.717, 1.165) is 55.3 Å². The van der Waals surface area contributed by atoms with Crippen molar-refractivity contribution in [1.82, 2.24) is 15.2 Å². The Bertz CT molecular complexity index is 891. The highest BCUT2D eigenvalue weighted by atomic mass is 16.5. The zero-order valence-corrected chi connectivity index (χ0v) is 17.4. The van der Waals surface area contributed by atoms with E-state index >= 15 is 0 Å². The predicted molar refractivity (Wildman–Crippen MR) is 115 cm³/mol. The number of urea groups is 1. The number of para-hydroxylation sites is 1. The highest BCUT2D eigenvalue weighted by Crippen LogP contribution is 2.40. The zero-order valence-electron chi connectivity index (χ0n) is 17.4. The van der Waals surface area contributed by atoms with Crippen molar-refractivity contribution < 1.29 is 9.53 Å². The molecule has 0 radical (unpaired) electrons. The molecule has 1 fully saturated rings. The van der Waals surface area contributed by atoms with Gasteiger partial charge in [0.1, 0.15) is 17.2 Å². The van der Waals surface area contributed by atoms with Crippen LogP contribution in [0.3, 0.4) is 0 Å². The van der Waals surface area contributed by atoms with Crippen LogP contribution >= 0.6 is 0 Å². The Morgan fingerprint density at radius 1 is 1.17 bits per heavy atom. The Morgan fingerprint density at radius 2 is 1.97 bits per heavy atom. The molecule has 2 aromatic rings. The standard InChI is InChI=1S/C22H29N5O2/c1-22(2)14-16-6-4-8-18(19(16)29-22)25-21(28)24-15-17-7-5-9-23-20(17)27-12-10-26(3)11-13-27/h4-9H,10-15H2,1-3H3,(H2,24,25,28). The van der Waals surface area contributed by atoms with Crippen LogP contribution < -0.4 is 20.3 Å². The maximum atomic E-state index is 12.6. The maximum Gasteiger partial charge on any atom is 0.319 e. The molecule has 2 amide bonds. The van der Waals surface area contributed by atoms with Crippen molar-refractivity contribution >= 4 is 17.5 Å². The Morgan fingerprint density at radius 3 is 2.76 bits per heavy atom. The summed E-state index contributed by atoms with van der Waals surface area (Å²) >= 11 is 0. The molecule has 3 heterocycles. The number of fused-ring (bicyclic) bond motifs is 1. The first-order valence-electron chi connectivity index (χ1n) is 10.1. The summed E-state index contributed by atoms with van der Waals surface area (Å²) in [5, 5.41) is 5.90. The Labute approximate surface area is 172 Å². The summed E-state index contributed by atoms with van der Waals surface area (Å²) < 4.78 is 6.03. The Balaban J connectivity index is 1.40. The fraction of sp³-hybridized carbons (Fsp3) is 0.455. The smallest absolute Gasteiger partial charge is 0.319 e. The van der Waals surface area contributed by atoms with Gasteiger partial charge in [-0.05, 0) is 33.0 Å². The van der Waals surface area contributed by atoms with Gasteiger partial charge in [-0.25, -0.2) is 9.78 Å². The minimum Gasteiger partial charge on any atom is -0.485 e. The van der Waals surface area contributed by atoms with E-state index in [1.165, 1.54) is 0 Å². The number of piperazine rings is 1. The average Bonchev–Trinajstić information content (AvgIpc) is 3.02. The first kappa shape index (κ1) is 19.5. The third-order valence-electron chi connectivity index (χ3n) is 5.45. The van der Waals surface area contributed by atoms with Crippen LogP contribution in [0.5, 0.6) is 5.75 Å². The molecular weight excluding hydrogens is 366 g/mol. The number of anilines is 2. The number of nitrogens with zero attached hydrogens (tertiary/aromatic N) is 3. The number of ether oxygens (including phenoxy) is 1. The first-order chi connectivity index (χ1) is 13.9. The van der Waals surface area contributed by atoms with Gasteiger partial charge in [0, 0.05) is 56.5 Å². The second kappa shape index (κ2) is 7.91. The SMILES string of the molecule is CN1CCN(c2ncccc2CNC(=O)Nc2cccc3c2OC(C)(C)C3)CC1. The van der Waals surface area contributed by atoms with Gasteiger partial charge in [0.2, 0.25) is 0 Å². The number of hydrogen-bond acceptors (Lipinski definition) is 5. The van der Waals surface area contributed by atoms with Crippen molar-refractivity contribution in [2.24, 2.45) is 0 Å². The number of amides is 2. The lowest BCUT2D eigenvalue weighted by atomic mass is 10.0. The van der Waals surface area contributed by atoms with Crippen LogP contribution in [-0.2, 0) is 13.0 Å². The molecule has 1 saturated heterocycles. The molecule has 29 heavy (non-hydrogen) atoms. The topological polar surface area (TPSA) is 69.7 Å². The molecule has 7 nitrogen and oxygen atoms in total. The van der Waals surface area contributed by atoms with Crippen LogP contribution in [0, 0.1) is 0 Å². The van der Waals surface area contributed by atoms with Gasteiger partial charge in [0.25, 0.3) is 0 Å². The molecule has 1 aromatic heterocycles. The quantitative estimate of drug-likeness (QED) is 0.833. The van der Waals surface area contributed by atoms with Crippen molar-refractivity contribution in [1.29, 1.82) is 0 Å². The summed E-state index contributed by atoms with van der Waals surface area (Å²) in [5.74, 6) is 1.72. The number of pyridine rings is 1. The summed E-state index contributed by atoms with van der Waals surface area (Å²) in [5.41, 5.74) is 2.60. The normalized spacial score (nSPS) is 18.1. The average molecular weight is 396 g/mol. The second-order valence-electron chi connectivity index (χ2n) is 8.42. The second-order valence-corrected chi connectivity index (χ2v) is 8.42. The third-order valence-corrected chi connectivity index (χ3v) is 5.45. The summed E-state index contributed by atoms with van der Waals surface area (Å²) in [6.07, 6.45) is 2.65. The Hall–Kier alpha value is -2.80. The number of likely N-dealkylation sites (N-methyl/N-ethyl adjacent to an activating group) is 1. The van der Waals surface area contributed by atoms with Crippen molar-refractivity contribution in [2.45, 2.75) is 32.4 Å². The minimum atomic E-state index is -0.250. The van der Waals surface area contributed by atoms with E-state index < -0.39 is 0 Å². The Kier molecular flexibility index (Phi) is 5.32. The van der Waals surface area contributed by atoms with Gasteiger partial charge in [0.15, 0.2) is 0 Å². The minimum absolute atomic E-state index is 0.246. The van der Waals surface area contributed by atoms with Crippen LogP contribution in [-0.4, -0.2) is 54.7 Å². The van der Waals surface area contributed by atoms with Crippen LogP contribution in [0.4, 0.5) is 16.3 Å². The lowest BCUT2D eigenvalue weighted by Crippen LogP contribution is -2.45. The van der Waals surface area contributed by atoms with Gasteiger partial charge in [-0.1, -0.05) is 18.2 Å². The van der Waals surface area contributed by atoms with Gasteiger partial charge >= 0.3 is 6.03 Å². The highest BCUT2D eigenvalue weighted by molar-refractivity contribution is 5.91. The van der Waals surface area contributed by atoms with E-state index in [1.54, 1.807) is 0 Å². The van der Waals surface area contributed by atoms with Crippen molar-refractivity contribution in [3.05, 3.63) is 47.7 Å². The summed E-state index contributed by atoms with van der Waals surface area (Å²) in [6, 6.07) is 9.55. The number of hydrogen-bond donors (Lipinski definition) is 2. The van der Waals surface area contributed by atoms with Crippen LogP contribution in [0.2, 0.25) is 0 Å². The van der Waals surface area contributed by atoms with E-state index in [1.807, 2.05) is 36.5 Å². The number of rotatable bonds is 4. The zero-order chi connectivity index (χ0) is 20.4. The molecule has 1 aromatic carbocycles. The largest absolute Gasteiger partial charge is 0.485 e. The number of nitrogens with one attached hydrogen (secondary N) is 2. The summed E-state index contributed by atoms with van der Waals surface area (Å²) in [4.78, 5) is 21.7. The van der Waals surface area contributed by atoms with E-state index in [4.69, 9.17) is 4.74 Å². The lowest BCUT2D eigenvalue weighted by molar-refractivity contribution is 0.139. The van der Waals surface area contributed by atoms with E-state index in [-0.39, 0.29) is 11.6 Å². The molecule has 4 rings (SSSR count). The highest BCUT2D eigenvalue weighted by Gasteiger charge is 2.32. The summed E-state index contributed by atoms with van der Waals surface area (Å²) in [6.45, 7) is 8.44. The first-order valence-corrected chi connectivity index (χ1v) is 10.1. The molecule has 0 spiro atoms. The van der Waals surface area contributed by atoms with Crippen molar-refractivity contribution in [2.75, 3.05) is 43.4 Å². The molecule has 2 aliphatic rings. The molecule has 0 saturated carbocycles. The fourth-order valence-electron chi connectivity index (χ4n) is 3.93. The molecule has 2 N–H and O–H groups in total. The molecule has 0 aliphatic carbocycles.